The number of fused-ring (bicyclic) bond motifs is 6. The minimum absolute atomic E-state index is 0.00347. The third-order valence-electron chi connectivity index (χ3n) is 10.2. The van der Waals surface area contributed by atoms with Crippen molar-refractivity contribution in [1.82, 2.24) is 14.8 Å². The van der Waals surface area contributed by atoms with Crippen molar-refractivity contribution < 1.29 is 33.3 Å². The van der Waals surface area contributed by atoms with Gasteiger partial charge in [-0.2, -0.15) is 0 Å². The van der Waals surface area contributed by atoms with Crippen molar-refractivity contribution in [3.8, 4) is 5.75 Å². The van der Waals surface area contributed by atoms with Gasteiger partial charge in [0.25, 0.3) is 5.91 Å². The van der Waals surface area contributed by atoms with Crippen molar-refractivity contribution >= 4 is 34.8 Å². The van der Waals surface area contributed by atoms with Gasteiger partial charge in [0.2, 0.25) is 0 Å². The standard InChI is InChI=1S/C36H43N3O7/c1-20-7-8-21(15-26(20)35(41)38(2)3)9-12-31(40)46-30-16-22-19-39-14-13-25-24-11-10-23(43-4)17-28(24)37-33(25)29(39)18-27(22)32(34(30)44-5)36(42)45-6/h7-12,15,17,22,27,29-30,32,34,37H,13-14,16,18-19H2,1-6H3/b12-9+/t22-,27+,29-,30-,32+,34+/m1/s1. The molecule has 46 heavy (non-hydrogen) atoms. The molecule has 0 spiro atoms. The maximum Gasteiger partial charge on any atom is 0.331 e. The van der Waals surface area contributed by atoms with Gasteiger partial charge in [0.15, 0.2) is 0 Å². The second-order valence-corrected chi connectivity index (χ2v) is 12.9. The lowest BCUT2D eigenvalue weighted by atomic mass is 9.63. The molecule has 0 radical (unpaired) electrons. The highest BCUT2D eigenvalue weighted by atomic mass is 16.6. The highest BCUT2D eigenvalue weighted by molar-refractivity contribution is 5.96. The van der Waals surface area contributed by atoms with E-state index in [0.717, 1.165) is 42.8 Å². The van der Waals surface area contributed by atoms with Crippen LogP contribution in [-0.4, -0.2) is 93.4 Å². The number of aryl methyl sites for hydroxylation is 1. The lowest BCUT2D eigenvalue weighted by Crippen LogP contribution is -2.58. The summed E-state index contributed by atoms with van der Waals surface area (Å²) in [4.78, 5) is 46.8. The summed E-state index contributed by atoms with van der Waals surface area (Å²) in [7, 11) is 8.05. The Morgan fingerprint density at radius 3 is 2.57 bits per heavy atom. The normalized spacial score (nSPS) is 25.8. The summed E-state index contributed by atoms with van der Waals surface area (Å²) in [5.41, 5.74) is 5.74. The Hall–Kier alpha value is -4.15. The van der Waals surface area contributed by atoms with Gasteiger partial charge in [0.1, 0.15) is 18.0 Å². The molecule has 10 nitrogen and oxygen atoms in total. The number of H-pyrrole nitrogens is 1. The van der Waals surface area contributed by atoms with Crippen molar-refractivity contribution in [3.05, 3.63) is 70.4 Å². The second-order valence-electron chi connectivity index (χ2n) is 12.9. The van der Waals surface area contributed by atoms with Gasteiger partial charge in [-0.25, -0.2) is 4.79 Å². The number of benzene rings is 2. The summed E-state index contributed by atoms with van der Waals surface area (Å²) < 4.78 is 22.7. The van der Waals surface area contributed by atoms with E-state index >= 15 is 0 Å². The molecular weight excluding hydrogens is 586 g/mol. The Balaban J connectivity index is 1.22. The highest BCUT2D eigenvalue weighted by Crippen LogP contribution is 2.50. The Kier molecular flexibility index (Phi) is 8.94. The van der Waals surface area contributed by atoms with E-state index in [1.807, 2.05) is 31.2 Å². The van der Waals surface area contributed by atoms with Crippen LogP contribution >= 0.6 is 0 Å². The number of methoxy groups -OCH3 is 3. The molecule has 10 heteroatoms. The largest absolute Gasteiger partial charge is 0.497 e. The third-order valence-corrected chi connectivity index (χ3v) is 10.2. The monoisotopic (exact) mass is 629 g/mol. The van der Waals surface area contributed by atoms with Crippen LogP contribution in [0, 0.1) is 24.7 Å². The van der Waals surface area contributed by atoms with Crippen LogP contribution in [0.1, 0.15) is 51.6 Å². The SMILES string of the molecule is COC(=O)[C@H]1[C@H]2C[C@@H]3c4[nH]c5cc(OC)ccc5c4CCN3C[C@H]2C[C@@H](OC(=O)/C=C/c2ccc(C)c(C(=O)N(C)C)c2)[C@@H]1OC. The molecule has 244 valence electrons. The molecule has 1 N–H and O–H groups in total. The molecule has 1 saturated heterocycles. The van der Waals surface area contributed by atoms with Gasteiger partial charge in [-0.05, 0) is 79.0 Å². The fraction of sp³-hybridized carbons (Fsp3) is 0.472. The molecule has 0 bridgehead atoms. The predicted octanol–water partition coefficient (Wildman–Crippen LogP) is 4.56. The molecule has 1 amide bonds. The van der Waals surface area contributed by atoms with Gasteiger partial charge in [0.05, 0.1) is 26.2 Å². The van der Waals surface area contributed by atoms with E-state index in [0.29, 0.717) is 17.5 Å². The lowest BCUT2D eigenvalue weighted by Gasteiger charge is -2.52. The number of amides is 1. The van der Waals surface area contributed by atoms with Crippen LogP contribution in [0.25, 0.3) is 17.0 Å². The average molecular weight is 630 g/mol. The van der Waals surface area contributed by atoms with E-state index < -0.39 is 24.1 Å². The van der Waals surface area contributed by atoms with E-state index in [9.17, 15) is 14.4 Å². The van der Waals surface area contributed by atoms with Gasteiger partial charge in [-0.1, -0.05) is 12.1 Å². The molecule has 2 aromatic carbocycles. The van der Waals surface area contributed by atoms with E-state index in [4.69, 9.17) is 18.9 Å². The number of hydrogen-bond donors (Lipinski definition) is 1. The van der Waals surface area contributed by atoms with E-state index in [1.165, 1.54) is 34.7 Å². The minimum atomic E-state index is -0.642. The number of aromatic amines is 1. The van der Waals surface area contributed by atoms with E-state index in [2.05, 4.69) is 16.0 Å². The number of carbonyl (C=O) groups is 3. The number of piperidine rings is 1. The maximum absolute atomic E-state index is 13.4. The van der Waals surface area contributed by atoms with Crippen LogP contribution in [0.3, 0.4) is 0 Å². The summed E-state index contributed by atoms with van der Waals surface area (Å²) in [6.45, 7) is 3.58. The Labute approximate surface area is 269 Å². The highest BCUT2D eigenvalue weighted by Gasteiger charge is 2.54. The van der Waals surface area contributed by atoms with Crippen LogP contribution in [0.2, 0.25) is 0 Å². The first-order valence-electron chi connectivity index (χ1n) is 15.9. The molecule has 3 heterocycles. The Morgan fingerprint density at radius 1 is 1.04 bits per heavy atom. The number of nitrogens with one attached hydrogen (secondary N) is 1. The van der Waals surface area contributed by atoms with Crippen molar-refractivity contribution in [2.45, 2.75) is 44.4 Å². The number of nitrogens with zero attached hydrogens (tertiary/aromatic N) is 2. The first kappa shape index (κ1) is 31.8. The third kappa shape index (κ3) is 5.80. The van der Waals surface area contributed by atoms with Crippen LogP contribution < -0.4 is 4.74 Å². The second kappa shape index (κ2) is 12.9. The summed E-state index contributed by atoms with van der Waals surface area (Å²) in [6.07, 6.45) is 4.04. The number of carbonyl (C=O) groups excluding carboxylic acids is 3. The van der Waals surface area contributed by atoms with Crippen molar-refractivity contribution in [1.29, 1.82) is 0 Å². The zero-order chi connectivity index (χ0) is 32.7. The van der Waals surface area contributed by atoms with Gasteiger partial charge in [-0.3, -0.25) is 14.5 Å². The maximum atomic E-state index is 13.4. The minimum Gasteiger partial charge on any atom is -0.497 e. The number of ether oxygens (including phenoxy) is 4. The van der Waals surface area contributed by atoms with Crippen LogP contribution in [-0.2, 0) is 30.2 Å². The quantitative estimate of drug-likeness (QED) is 0.300. The summed E-state index contributed by atoms with van der Waals surface area (Å²) in [5.74, 6) is -0.627. The van der Waals surface area contributed by atoms with Crippen molar-refractivity contribution in [3.63, 3.8) is 0 Å². The lowest BCUT2D eigenvalue weighted by molar-refractivity contribution is -0.187. The Morgan fingerprint density at radius 2 is 1.85 bits per heavy atom. The zero-order valence-corrected chi connectivity index (χ0v) is 27.4. The van der Waals surface area contributed by atoms with Gasteiger partial charge in [0, 0.05) is 68.6 Å². The predicted molar refractivity (Wildman–Crippen MR) is 173 cm³/mol. The Bertz CT molecular complexity index is 1680. The van der Waals surface area contributed by atoms with Gasteiger partial charge >= 0.3 is 11.9 Å². The molecule has 2 aliphatic heterocycles. The molecule has 1 saturated carbocycles. The number of aromatic nitrogens is 1. The fourth-order valence-corrected chi connectivity index (χ4v) is 7.92. The molecule has 1 aromatic heterocycles. The van der Waals surface area contributed by atoms with Crippen LogP contribution in [0.5, 0.6) is 5.75 Å². The topological polar surface area (TPSA) is 110 Å². The molecule has 2 fully saturated rings. The average Bonchev–Trinajstić information content (AvgIpc) is 3.44. The number of rotatable bonds is 7. The summed E-state index contributed by atoms with van der Waals surface area (Å²) >= 11 is 0. The summed E-state index contributed by atoms with van der Waals surface area (Å²) in [6, 6.07) is 11.8. The summed E-state index contributed by atoms with van der Waals surface area (Å²) in [5, 5.41) is 1.21. The molecule has 3 aromatic rings. The van der Waals surface area contributed by atoms with Gasteiger partial charge in [-0.15, -0.1) is 0 Å². The van der Waals surface area contributed by atoms with E-state index in [-0.39, 0.29) is 29.8 Å². The molecule has 3 aliphatic rings. The number of esters is 2. The first-order chi connectivity index (χ1) is 22.1. The molecule has 6 atom stereocenters. The number of hydrogen-bond acceptors (Lipinski definition) is 8. The molecule has 6 rings (SSSR count). The molecule has 0 unspecified atom stereocenters. The fourth-order valence-electron chi connectivity index (χ4n) is 7.92. The molecular formula is C36H43N3O7. The van der Waals surface area contributed by atoms with Crippen molar-refractivity contribution in [2.75, 3.05) is 48.5 Å². The van der Waals surface area contributed by atoms with Crippen molar-refractivity contribution in [2.24, 2.45) is 17.8 Å². The smallest absolute Gasteiger partial charge is 0.331 e. The van der Waals surface area contributed by atoms with Crippen LogP contribution in [0.15, 0.2) is 42.5 Å². The first-order valence-corrected chi connectivity index (χ1v) is 15.9. The van der Waals surface area contributed by atoms with Gasteiger partial charge < -0.3 is 28.8 Å². The van der Waals surface area contributed by atoms with Crippen LogP contribution in [0.4, 0.5) is 0 Å². The zero-order valence-electron chi connectivity index (χ0n) is 27.4. The van der Waals surface area contributed by atoms with E-state index in [1.54, 1.807) is 40.5 Å². The molecule has 1 aliphatic carbocycles.